The average molecular weight is 433 g/mol. The van der Waals surface area contributed by atoms with E-state index in [1.807, 2.05) is 0 Å². The number of nitrogens with zero attached hydrogens (tertiary/aromatic N) is 2. The van der Waals surface area contributed by atoms with Crippen molar-refractivity contribution in [3.63, 3.8) is 0 Å². The third kappa shape index (κ3) is 3.49. The molecule has 1 aromatic heterocycles. The molecule has 0 bridgehead atoms. The predicted molar refractivity (Wildman–Crippen MR) is 119 cm³/mol. The Balaban J connectivity index is 1.97. The van der Waals surface area contributed by atoms with Crippen LogP contribution >= 0.6 is 0 Å². The number of carbonyl (C=O) groups excluding carboxylic acids is 1. The number of H-pyrrole nitrogens is 1. The van der Waals surface area contributed by atoms with Crippen molar-refractivity contribution in [2.45, 2.75) is 6.92 Å². The van der Waals surface area contributed by atoms with Crippen molar-refractivity contribution in [3.05, 3.63) is 80.5 Å². The summed E-state index contributed by atoms with van der Waals surface area (Å²) in [7, 11) is 1.22. The van der Waals surface area contributed by atoms with E-state index in [1.165, 1.54) is 13.2 Å². The first-order chi connectivity index (χ1) is 15.5. The quantitative estimate of drug-likeness (QED) is 0.596. The third-order valence-electron chi connectivity index (χ3n) is 4.88. The van der Waals surface area contributed by atoms with Crippen LogP contribution in [-0.2, 0) is 9.53 Å². The van der Waals surface area contributed by atoms with E-state index in [4.69, 9.17) is 9.47 Å². The van der Waals surface area contributed by atoms with Crippen LogP contribution in [0.15, 0.2) is 63.1 Å². The SMILES string of the molecule is CCOc1ccccc1-n1c(O)c(/C=C2/C(C(=O)OC)=Nc3ccccc32)c(=O)[nH]c1=O. The molecule has 0 saturated carbocycles. The second-order valence-corrected chi connectivity index (χ2v) is 6.76. The molecule has 162 valence electrons. The number of hydrogen-bond acceptors (Lipinski definition) is 7. The Kier molecular flexibility index (Phi) is 5.46. The minimum atomic E-state index is -0.838. The van der Waals surface area contributed by atoms with Gasteiger partial charge in [0.1, 0.15) is 11.3 Å². The van der Waals surface area contributed by atoms with Gasteiger partial charge in [0, 0.05) is 11.1 Å². The van der Waals surface area contributed by atoms with Gasteiger partial charge in [-0.05, 0) is 31.2 Å². The van der Waals surface area contributed by atoms with E-state index < -0.39 is 23.1 Å². The number of para-hydroxylation sites is 3. The topological polar surface area (TPSA) is 123 Å². The zero-order chi connectivity index (χ0) is 22.8. The van der Waals surface area contributed by atoms with Gasteiger partial charge in [-0.2, -0.15) is 0 Å². The zero-order valence-electron chi connectivity index (χ0n) is 17.3. The molecular formula is C23H19N3O6. The van der Waals surface area contributed by atoms with Crippen LogP contribution in [0.3, 0.4) is 0 Å². The summed E-state index contributed by atoms with van der Waals surface area (Å²) in [6.45, 7) is 2.12. The second kappa shape index (κ2) is 8.38. The van der Waals surface area contributed by atoms with Crippen molar-refractivity contribution >= 4 is 29.0 Å². The smallest absolute Gasteiger partial charge is 0.357 e. The molecule has 1 aliphatic heterocycles. The first-order valence-corrected chi connectivity index (χ1v) is 9.75. The number of rotatable bonds is 5. The molecular weight excluding hydrogens is 414 g/mol. The minimum absolute atomic E-state index is 0.0139. The lowest BCUT2D eigenvalue weighted by Crippen LogP contribution is -2.30. The fourth-order valence-electron chi connectivity index (χ4n) is 3.46. The lowest BCUT2D eigenvalue weighted by molar-refractivity contribution is -0.132. The number of benzene rings is 2. The lowest BCUT2D eigenvalue weighted by Gasteiger charge is -2.14. The first-order valence-electron chi connectivity index (χ1n) is 9.75. The molecule has 4 rings (SSSR count). The maximum absolute atomic E-state index is 12.6. The maximum Gasteiger partial charge on any atom is 0.357 e. The van der Waals surface area contributed by atoms with E-state index in [-0.39, 0.29) is 22.5 Å². The highest BCUT2D eigenvalue weighted by Gasteiger charge is 2.28. The summed E-state index contributed by atoms with van der Waals surface area (Å²) in [4.78, 5) is 44.0. The molecule has 9 nitrogen and oxygen atoms in total. The number of ether oxygens (including phenoxy) is 2. The van der Waals surface area contributed by atoms with Crippen molar-refractivity contribution in [2.24, 2.45) is 4.99 Å². The Hall–Kier alpha value is -4.40. The van der Waals surface area contributed by atoms with Crippen LogP contribution in [0.4, 0.5) is 5.69 Å². The van der Waals surface area contributed by atoms with Crippen molar-refractivity contribution in [1.29, 1.82) is 0 Å². The zero-order valence-corrected chi connectivity index (χ0v) is 17.3. The Morgan fingerprint density at radius 1 is 1.16 bits per heavy atom. The van der Waals surface area contributed by atoms with Gasteiger partial charge in [-0.3, -0.25) is 9.78 Å². The number of nitrogens with one attached hydrogen (secondary N) is 1. The van der Waals surface area contributed by atoms with Crippen molar-refractivity contribution in [1.82, 2.24) is 9.55 Å². The summed E-state index contributed by atoms with van der Waals surface area (Å²) in [5.41, 5.74) is -0.254. The van der Waals surface area contributed by atoms with Crippen LogP contribution < -0.4 is 16.0 Å². The lowest BCUT2D eigenvalue weighted by atomic mass is 10.0. The number of esters is 1. The Morgan fingerprint density at radius 2 is 1.88 bits per heavy atom. The summed E-state index contributed by atoms with van der Waals surface area (Å²) in [6.07, 6.45) is 1.31. The molecule has 1 aliphatic rings. The molecule has 0 spiro atoms. The van der Waals surface area contributed by atoms with Gasteiger partial charge in [0.2, 0.25) is 5.88 Å². The molecule has 2 aromatic carbocycles. The van der Waals surface area contributed by atoms with Gasteiger partial charge in [0.25, 0.3) is 5.56 Å². The monoisotopic (exact) mass is 433 g/mol. The molecule has 2 heterocycles. The molecule has 0 radical (unpaired) electrons. The Labute approximate surface area is 181 Å². The van der Waals surface area contributed by atoms with Crippen molar-refractivity contribution < 1.29 is 19.4 Å². The summed E-state index contributed by atoms with van der Waals surface area (Å²) in [5.74, 6) is -0.952. The van der Waals surface area contributed by atoms with Gasteiger partial charge < -0.3 is 14.6 Å². The van der Waals surface area contributed by atoms with Crippen LogP contribution in [-0.4, -0.2) is 40.1 Å². The molecule has 0 amide bonds. The summed E-state index contributed by atoms with van der Waals surface area (Å²) >= 11 is 0. The van der Waals surface area contributed by atoms with Gasteiger partial charge in [-0.25, -0.2) is 19.1 Å². The van der Waals surface area contributed by atoms with Gasteiger partial charge >= 0.3 is 11.7 Å². The number of aromatic nitrogens is 2. The molecule has 32 heavy (non-hydrogen) atoms. The predicted octanol–water partition coefficient (Wildman–Crippen LogP) is 2.43. The fourth-order valence-corrected chi connectivity index (χ4v) is 3.46. The fraction of sp³-hybridized carbons (Fsp3) is 0.130. The second-order valence-electron chi connectivity index (χ2n) is 6.76. The summed E-state index contributed by atoms with van der Waals surface area (Å²) < 4.78 is 11.3. The number of hydrogen-bond donors (Lipinski definition) is 2. The molecule has 9 heteroatoms. The van der Waals surface area contributed by atoms with E-state index in [0.29, 0.717) is 23.6 Å². The van der Waals surface area contributed by atoms with E-state index >= 15 is 0 Å². The Morgan fingerprint density at radius 3 is 2.62 bits per heavy atom. The van der Waals surface area contributed by atoms with Crippen LogP contribution in [0, 0.1) is 0 Å². The Bertz CT molecular complexity index is 1400. The molecule has 3 aromatic rings. The van der Waals surface area contributed by atoms with E-state index in [9.17, 15) is 19.5 Å². The number of aliphatic imine (C=N–C) groups is 1. The summed E-state index contributed by atoms with van der Waals surface area (Å²) in [5, 5.41) is 11.0. The van der Waals surface area contributed by atoms with Gasteiger partial charge in [0.05, 0.1) is 25.1 Å². The molecule has 0 saturated heterocycles. The average Bonchev–Trinajstić information content (AvgIpc) is 3.15. The van der Waals surface area contributed by atoms with Crippen LogP contribution in [0.2, 0.25) is 0 Å². The van der Waals surface area contributed by atoms with Crippen molar-refractivity contribution in [2.75, 3.05) is 13.7 Å². The van der Waals surface area contributed by atoms with Crippen LogP contribution in [0.1, 0.15) is 18.1 Å². The normalized spacial score (nSPS) is 13.6. The molecule has 0 atom stereocenters. The standard InChI is InChI=1S/C23H19N3O6/c1-3-32-18-11-7-6-10-17(18)26-21(28)15(20(27)25-23(26)30)12-14-13-8-4-5-9-16(13)24-19(14)22(29)31-2/h4-12,28H,3H2,1-2H3,(H,25,27,30)/b14-12+. The highest BCUT2D eigenvalue weighted by Crippen LogP contribution is 2.37. The van der Waals surface area contributed by atoms with Gasteiger partial charge in [-0.1, -0.05) is 30.3 Å². The van der Waals surface area contributed by atoms with Crippen LogP contribution in [0.5, 0.6) is 11.6 Å². The summed E-state index contributed by atoms with van der Waals surface area (Å²) in [6, 6.07) is 13.6. The third-order valence-corrected chi connectivity index (χ3v) is 4.88. The van der Waals surface area contributed by atoms with Gasteiger partial charge in [-0.15, -0.1) is 0 Å². The molecule has 0 fully saturated rings. The van der Waals surface area contributed by atoms with E-state index in [2.05, 4.69) is 9.98 Å². The number of aromatic hydroxyl groups is 1. The largest absolute Gasteiger partial charge is 0.494 e. The van der Waals surface area contributed by atoms with E-state index in [0.717, 1.165) is 4.57 Å². The van der Waals surface area contributed by atoms with Gasteiger partial charge in [0.15, 0.2) is 5.71 Å². The number of fused-ring (bicyclic) bond motifs is 1. The van der Waals surface area contributed by atoms with Crippen LogP contribution in [0.25, 0.3) is 17.3 Å². The number of methoxy groups -OCH3 is 1. The molecule has 2 N–H and O–H groups in total. The minimum Gasteiger partial charge on any atom is -0.494 e. The van der Waals surface area contributed by atoms with E-state index in [1.54, 1.807) is 55.5 Å². The van der Waals surface area contributed by atoms with Crippen molar-refractivity contribution in [3.8, 4) is 17.3 Å². The number of aromatic amines is 1. The number of carbonyl (C=O) groups is 1. The molecule has 0 aliphatic carbocycles. The maximum atomic E-state index is 12.6. The molecule has 0 unspecified atom stereocenters. The highest BCUT2D eigenvalue weighted by molar-refractivity contribution is 6.58. The first kappa shape index (κ1) is 20.9. The highest BCUT2D eigenvalue weighted by atomic mass is 16.5.